The van der Waals surface area contributed by atoms with Crippen LogP contribution in [-0.2, 0) is 0 Å². The lowest BCUT2D eigenvalue weighted by molar-refractivity contribution is 0.0703. The van der Waals surface area contributed by atoms with Crippen LogP contribution in [0.1, 0.15) is 49.4 Å². The average Bonchev–Trinajstić information content (AvgIpc) is 2.63. The first kappa shape index (κ1) is 14.0. The number of hydrogen-bond acceptors (Lipinski definition) is 3. The van der Waals surface area contributed by atoms with E-state index in [4.69, 9.17) is 5.73 Å². The van der Waals surface area contributed by atoms with E-state index in [9.17, 15) is 0 Å². The van der Waals surface area contributed by atoms with Gasteiger partial charge < -0.3 is 5.73 Å². The summed E-state index contributed by atoms with van der Waals surface area (Å²) in [5, 5.41) is 0. The zero-order valence-electron chi connectivity index (χ0n) is 12.1. The van der Waals surface area contributed by atoms with Crippen LogP contribution in [0.3, 0.4) is 0 Å². The molecule has 102 valence electrons. The molecule has 1 aliphatic heterocycles. The van der Waals surface area contributed by atoms with E-state index in [1.807, 2.05) is 11.3 Å². The Morgan fingerprint density at radius 1 is 1.39 bits per heavy atom. The Morgan fingerprint density at radius 3 is 2.61 bits per heavy atom. The van der Waals surface area contributed by atoms with Crippen molar-refractivity contribution in [1.29, 1.82) is 0 Å². The number of nitrogens with two attached hydrogens (primary N) is 1. The highest BCUT2D eigenvalue weighted by Crippen LogP contribution is 2.36. The number of hydrogen-bond donors (Lipinski definition) is 1. The molecule has 1 aliphatic rings. The smallest absolute Gasteiger partial charge is 0.0591 e. The summed E-state index contributed by atoms with van der Waals surface area (Å²) in [6.07, 6.45) is 2.62. The quantitative estimate of drug-likeness (QED) is 0.906. The summed E-state index contributed by atoms with van der Waals surface area (Å²) in [6.45, 7) is 11.4. The number of rotatable bonds is 3. The monoisotopic (exact) mass is 266 g/mol. The molecule has 0 aromatic carbocycles. The van der Waals surface area contributed by atoms with Gasteiger partial charge in [0.15, 0.2) is 0 Å². The third-order valence-corrected chi connectivity index (χ3v) is 4.95. The van der Waals surface area contributed by atoms with E-state index in [0.717, 1.165) is 6.54 Å². The molecule has 2 unspecified atom stereocenters. The SMILES string of the molecule is Cc1ccc(C(C(C)N)N2CCCC(C)(C)C2)s1. The lowest BCUT2D eigenvalue weighted by Gasteiger charge is -2.43. The summed E-state index contributed by atoms with van der Waals surface area (Å²) in [4.78, 5) is 5.41. The molecule has 2 rings (SSSR count). The molecule has 2 atom stereocenters. The van der Waals surface area contributed by atoms with E-state index in [0.29, 0.717) is 11.5 Å². The fraction of sp³-hybridized carbons (Fsp3) is 0.733. The van der Waals surface area contributed by atoms with Crippen LogP contribution in [0.2, 0.25) is 0 Å². The number of piperidine rings is 1. The molecule has 2 N–H and O–H groups in total. The van der Waals surface area contributed by atoms with Gasteiger partial charge in [0.1, 0.15) is 0 Å². The molecular weight excluding hydrogens is 240 g/mol. The van der Waals surface area contributed by atoms with Crippen LogP contribution in [0.5, 0.6) is 0 Å². The molecule has 0 amide bonds. The summed E-state index contributed by atoms with van der Waals surface area (Å²) in [7, 11) is 0. The minimum absolute atomic E-state index is 0.192. The maximum absolute atomic E-state index is 6.26. The van der Waals surface area contributed by atoms with Crippen LogP contribution >= 0.6 is 11.3 Å². The fourth-order valence-electron chi connectivity index (χ4n) is 3.09. The first-order valence-electron chi connectivity index (χ1n) is 6.95. The Balaban J connectivity index is 2.20. The average molecular weight is 266 g/mol. The topological polar surface area (TPSA) is 29.3 Å². The van der Waals surface area contributed by atoms with Crippen molar-refractivity contribution in [2.45, 2.75) is 52.6 Å². The Bertz CT molecular complexity index is 395. The van der Waals surface area contributed by atoms with Gasteiger partial charge in [0.2, 0.25) is 0 Å². The Labute approximate surface area is 115 Å². The molecule has 0 aliphatic carbocycles. The van der Waals surface area contributed by atoms with Crippen LogP contribution < -0.4 is 5.73 Å². The number of likely N-dealkylation sites (tertiary alicyclic amines) is 1. The van der Waals surface area contributed by atoms with Crippen LogP contribution in [0.15, 0.2) is 12.1 Å². The van der Waals surface area contributed by atoms with E-state index in [-0.39, 0.29) is 6.04 Å². The minimum Gasteiger partial charge on any atom is -0.326 e. The molecule has 0 radical (unpaired) electrons. The summed E-state index contributed by atoms with van der Waals surface area (Å²) in [5.74, 6) is 0. The second kappa shape index (κ2) is 5.32. The normalized spacial score (nSPS) is 23.8. The molecule has 3 heteroatoms. The first-order chi connectivity index (χ1) is 8.39. The van der Waals surface area contributed by atoms with Gasteiger partial charge in [-0.15, -0.1) is 11.3 Å². The van der Waals surface area contributed by atoms with Gasteiger partial charge in [-0.3, -0.25) is 4.90 Å². The molecule has 0 spiro atoms. The van der Waals surface area contributed by atoms with Crippen molar-refractivity contribution in [3.8, 4) is 0 Å². The maximum atomic E-state index is 6.26. The fourth-order valence-corrected chi connectivity index (χ4v) is 4.22. The van der Waals surface area contributed by atoms with E-state index >= 15 is 0 Å². The summed E-state index contributed by atoms with van der Waals surface area (Å²) >= 11 is 1.90. The van der Waals surface area contributed by atoms with Crippen molar-refractivity contribution in [1.82, 2.24) is 4.90 Å². The highest BCUT2D eigenvalue weighted by Gasteiger charge is 2.33. The molecule has 0 saturated carbocycles. The van der Waals surface area contributed by atoms with E-state index in [2.05, 4.69) is 44.7 Å². The largest absolute Gasteiger partial charge is 0.326 e. The highest BCUT2D eigenvalue weighted by atomic mass is 32.1. The Morgan fingerprint density at radius 2 is 2.11 bits per heavy atom. The van der Waals surface area contributed by atoms with Gasteiger partial charge in [-0.1, -0.05) is 13.8 Å². The second-order valence-electron chi connectivity index (χ2n) is 6.49. The summed E-state index contributed by atoms with van der Waals surface area (Å²) in [6, 6.07) is 5.06. The van der Waals surface area contributed by atoms with E-state index < -0.39 is 0 Å². The van der Waals surface area contributed by atoms with Gasteiger partial charge in [-0.05, 0) is 50.8 Å². The maximum Gasteiger partial charge on any atom is 0.0591 e. The van der Waals surface area contributed by atoms with Gasteiger partial charge in [-0.2, -0.15) is 0 Å². The molecule has 18 heavy (non-hydrogen) atoms. The molecular formula is C15H26N2S. The summed E-state index contributed by atoms with van der Waals surface area (Å²) < 4.78 is 0. The third-order valence-electron chi connectivity index (χ3n) is 3.87. The molecule has 1 fully saturated rings. The van der Waals surface area contributed by atoms with Crippen molar-refractivity contribution in [2.75, 3.05) is 13.1 Å². The highest BCUT2D eigenvalue weighted by molar-refractivity contribution is 7.12. The minimum atomic E-state index is 0.192. The van der Waals surface area contributed by atoms with Crippen molar-refractivity contribution < 1.29 is 0 Å². The molecule has 1 saturated heterocycles. The van der Waals surface area contributed by atoms with Crippen molar-refractivity contribution in [2.24, 2.45) is 11.1 Å². The van der Waals surface area contributed by atoms with Gasteiger partial charge in [0.05, 0.1) is 6.04 Å². The number of aryl methyl sites for hydroxylation is 1. The standard InChI is InChI=1S/C15H26N2S/c1-11-6-7-13(18-11)14(12(2)16)17-9-5-8-15(3,4)10-17/h6-7,12,14H,5,8-10,16H2,1-4H3. The second-order valence-corrected chi connectivity index (χ2v) is 7.81. The van der Waals surface area contributed by atoms with Crippen LogP contribution in [0.25, 0.3) is 0 Å². The van der Waals surface area contributed by atoms with E-state index in [1.165, 1.54) is 29.1 Å². The third kappa shape index (κ3) is 3.14. The first-order valence-corrected chi connectivity index (χ1v) is 7.77. The number of thiophene rings is 1. The molecule has 1 aromatic rings. The number of nitrogens with zero attached hydrogens (tertiary/aromatic N) is 1. The van der Waals surface area contributed by atoms with Gasteiger partial charge in [0.25, 0.3) is 0 Å². The lowest BCUT2D eigenvalue weighted by atomic mass is 9.83. The van der Waals surface area contributed by atoms with Crippen molar-refractivity contribution in [3.05, 3.63) is 21.9 Å². The van der Waals surface area contributed by atoms with Crippen LogP contribution in [-0.4, -0.2) is 24.0 Å². The molecule has 2 heterocycles. The molecule has 0 bridgehead atoms. The predicted molar refractivity (Wildman–Crippen MR) is 80.0 cm³/mol. The summed E-state index contributed by atoms with van der Waals surface area (Å²) in [5.41, 5.74) is 6.69. The van der Waals surface area contributed by atoms with Crippen molar-refractivity contribution in [3.63, 3.8) is 0 Å². The van der Waals surface area contributed by atoms with Gasteiger partial charge in [0, 0.05) is 22.3 Å². The van der Waals surface area contributed by atoms with Crippen LogP contribution in [0, 0.1) is 12.3 Å². The lowest BCUT2D eigenvalue weighted by Crippen LogP contribution is -2.46. The molecule has 1 aromatic heterocycles. The Hall–Kier alpha value is -0.380. The predicted octanol–water partition coefficient (Wildman–Crippen LogP) is 3.57. The van der Waals surface area contributed by atoms with Gasteiger partial charge in [-0.25, -0.2) is 0 Å². The zero-order chi connectivity index (χ0) is 13.3. The van der Waals surface area contributed by atoms with Crippen LogP contribution in [0.4, 0.5) is 0 Å². The van der Waals surface area contributed by atoms with E-state index in [1.54, 1.807) is 0 Å². The Kier molecular flexibility index (Phi) is 4.15. The molecule has 2 nitrogen and oxygen atoms in total. The van der Waals surface area contributed by atoms with Gasteiger partial charge >= 0.3 is 0 Å². The zero-order valence-corrected chi connectivity index (χ0v) is 12.9. The van der Waals surface area contributed by atoms with Crippen molar-refractivity contribution >= 4 is 11.3 Å².